The summed E-state index contributed by atoms with van der Waals surface area (Å²) >= 11 is 0. The maximum atomic E-state index is 3.75. The summed E-state index contributed by atoms with van der Waals surface area (Å²) in [6, 6.07) is 2.62. The first-order chi connectivity index (χ1) is 6.45. The first kappa shape index (κ1) is 8.25. The molecule has 0 bridgehead atoms. The fraction of sp³-hybridized carbons (Fsp3) is 1.00. The van der Waals surface area contributed by atoms with E-state index in [1.165, 1.54) is 51.6 Å². The smallest absolute Gasteiger partial charge is 0.0252 e. The number of fused-ring (bicyclic) bond motifs is 3. The number of piperazine rings is 1. The quantitative estimate of drug-likeness (QED) is 0.605. The number of nitrogens with one attached hydrogen (secondary N) is 1. The van der Waals surface area contributed by atoms with E-state index in [-0.39, 0.29) is 0 Å². The largest absolute Gasteiger partial charge is 0.311 e. The van der Waals surface area contributed by atoms with Crippen LogP contribution in [0, 0.1) is 0 Å². The summed E-state index contributed by atoms with van der Waals surface area (Å²) in [6.45, 7) is 2.65. The monoisotopic (exact) mass is 180 g/mol. The normalized spacial score (nSPS) is 45.7. The van der Waals surface area contributed by atoms with Gasteiger partial charge in [-0.15, -0.1) is 0 Å². The van der Waals surface area contributed by atoms with Crippen molar-refractivity contribution in [1.29, 1.82) is 0 Å². The molecule has 3 rings (SSSR count). The minimum atomic E-state index is 0.836. The molecule has 1 saturated carbocycles. The van der Waals surface area contributed by atoms with Crippen LogP contribution in [0.15, 0.2) is 0 Å². The van der Waals surface area contributed by atoms with E-state index in [9.17, 15) is 0 Å². The molecule has 2 aliphatic heterocycles. The van der Waals surface area contributed by atoms with Gasteiger partial charge in [-0.05, 0) is 32.2 Å². The second kappa shape index (κ2) is 3.25. The Kier molecular flexibility index (Phi) is 2.06. The zero-order chi connectivity index (χ0) is 8.67. The maximum Gasteiger partial charge on any atom is 0.0252 e. The molecule has 0 aromatic carbocycles. The van der Waals surface area contributed by atoms with Crippen molar-refractivity contribution < 1.29 is 0 Å². The molecule has 2 heterocycles. The predicted molar refractivity (Wildman–Crippen MR) is 53.8 cm³/mol. The van der Waals surface area contributed by atoms with E-state index >= 15 is 0 Å². The molecule has 3 aliphatic rings. The Hall–Kier alpha value is -0.0800. The zero-order valence-electron chi connectivity index (χ0n) is 8.34. The van der Waals surface area contributed by atoms with Gasteiger partial charge in [0.15, 0.2) is 0 Å². The van der Waals surface area contributed by atoms with Crippen LogP contribution in [0.5, 0.6) is 0 Å². The van der Waals surface area contributed by atoms with Crippen molar-refractivity contribution in [2.45, 2.75) is 56.7 Å². The molecule has 13 heavy (non-hydrogen) atoms. The second-order valence-electron chi connectivity index (χ2n) is 4.90. The molecule has 1 N–H and O–H groups in total. The van der Waals surface area contributed by atoms with Crippen LogP contribution in [-0.4, -0.2) is 36.1 Å². The van der Waals surface area contributed by atoms with Gasteiger partial charge in [0.05, 0.1) is 0 Å². The molecule has 0 amide bonds. The molecule has 0 aromatic heterocycles. The summed E-state index contributed by atoms with van der Waals surface area (Å²) in [7, 11) is 0. The molecule has 0 spiro atoms. The van der Waals surface area contributed by atoms with Crippen LogP contribution < -0.4 is 5.32 Å². The molecule has 74 valence electrons. The first-order valence-electron chi connectivity index (χ1n) is 5.94. The number of nitrogens with zero attached hydrogens (tertiary/aromatic N) is 1. The van der Waals surface area contributed by atoms with Crippen LogP contribution in [0.4, 0.5) is 0 Å². The Morgan fingerprint density at radius 3 is 2.92 bits per heavy atom. The lowest BCUT2D eigenvalue weighted by Gasteiger charge is -2.46. The minimum Gasteiger partial charge on any atom is -0.311 e. The summed E-state index contributed by atoms with van der Waals surface area (Å²) in [5.74, 6) is 0. The average Bonchev–Trinajstić information content (AvgIpc) is 2.65. The van der Waals surface area contributed by atoms with Crippen molar-refractivity contribution in [2.75, 3.05) is 13.1 Å². The average molecular weight is 180 g/mol. The van der Waals surface area contributed by atoms with Crippen molar-refractivity contribution >= 4 is 0 Å². The first-order valence-corrected chi connectivity index (χ1v) is 5.94. The van der Waals surface area contributed by atoms with Gasteiger partial charge < -0.3 is 5.32 Å². The van der Waals surface area contributed by atoms with Gasteiger partial charge in [-0.1, -0.05) is 12.8 Å². The molecule has 3 atom stereocenters. The topological polar surface area (TPSA) is 15.3 Å². The van der Waals surface area contributed by atoms with Crippen LogP contribution in [0.1, 0.15) is 38.5 Å². The fourth-order valence-corrected chi connectivity index (χ4v) is 3.55. The van der Waals surface area contributed by atoms with Gasteiger partial charge in [0, 0.05) is 24.7 Å². The molecule has 0 unspecified atom stereocenters. The number of hydrogen-bond donors (Lipinski definition) is 1. The summed E-state index contributed by atoms with van der Waals surface area (Å²) < 4.78 is 0. The van der Waals surface area contributed by atoms with Crippen molar-refractivity contribution in [3.05, 3.63) is 0 Å². The lowest BCUT2D eigenvalue weighted by Crippen LogP contribution is -2.61. The van der Waals surface area contributed by atoms with Gasteiger partial charge in [-0.25, -0.2) is 0 Å². The Morgan fingerprint density at radius 1 is 1.00 bits per heavy atom. The second-order valence-corrected chi connectivity index (χ2v) is 4.90. The number of hydrogen-bond acceptors (Lipinski definition) is 2. The third-order valence-electron chi connectivity index (χ3n) is 4.19. The van der Waals surface area contributed by atoms with Crippen molar-refractivity contribution in [3.63, 3.8) is 0 Å². The highest BCUT2D eigenvalue weighted by molar-refractivity contribution is 4.98. The highest BCUT2D eigenvalue weighted by atomic mass is 15.3. The molecule has 0 radical (unpaired) electrons. The SMILES string of the molecule is C1CC[C@H]2NC[C@@H]3CCCN3[C@@H]2C1. The van der Waals surface area contributed by atoms with Crippen LogP contribution in [-0.2, 0) is 0 Å². The minimum absolute atomic E-state index is 0.836. The Labute approximate surface area is 80.7 Å². The van der Waals surface area contributed by atoms with E-state index in [1.807, 2.05) is 0 Å². The van der Waals surface area contributed by atoms with Crippen LogP contribution in [0.3, 0.4) is 0 Å². The molecule has 3 fully saturated rings. The highest BCUT2D eigenvalue weighted by Gasteiger charge is 2.39. The van der Waals surface area contributed by atoms with Crippen LogP contribution in [0.2, 0.25) is 0 Å². The van der Waals surface area contributed by atoms with Crippen molar-refractivity contribution in [1.82, 2.24) is 10.2 Å². The van der Waals surface area contributed by atoms with Crippen molar-refractivity contribution in [3.8, 4) is 0 Å². The van der Waals surface area contributed by atoms with E-state index in [0.717, 1.165) is 18.1 Å². The van der Waals surface area contributed by atoms with Gasteiger partial charge in [0.25, 0.3) is 0 Å². The van der Waals surface area contributed by atoms with Gasteiger partial charge in [0.2, 0.25) is 0 Å². The molecule has 2 saturated heterocycles. The summed E-state index contributed by atoms with van der Waals surface area (Å²) in [5.41, 5.74) is 0. The van der Waals surface area contributed by atoms with Crippen molar-refractivity contribution in [2.24, 2.45) is 0 Å². The summed E-state index contributed by atoms with van der Waals surface area (Å²) in [6.07, 6.45) is 8.67. The van der Waals surface area contributed by atoms with E-state index in [2.05, 4.69) is 10.2 Å². The lowest BCUT2D eigenvalue weighted by atomic mass is 9.87. The molecular formula is C11H20N2. The van der Waals surface area contributed by atoms with Gasteiger partial charge in [-0.2, -0.15) is 0 Å². The molecule has 0 aromatic rings. The Morgan fingerprint density at radius 2 is 1.92 bits per heavy atom. The Bertz CT molecular complexity index is 193. The molecular weight excluding hydrogens is 160 g/mol. The maximum absolute atomic E-state index is 3.75. The fourth-order valence-electron chi connectivity index (χ4n) is 3.55. The number of rotatable bonds is 0. The highest BCUT2D eigenvalue weighted by Crippen LogP contribution is 2.32. The predicted octanol–water partition coefficient (Wildman–Crippen LogP) is 1.37. The molecule has 1 aliphatic carbocycles. The Balaban J connectivity index is 1.77. The van der Waals surface area contributed by atoms with E-state index in [1.54, 1.807) is 0 Å². The summed E-state index contributed by atoms with van der Waals surface area (Å²) in [5, 5.41) is 3.75. The van der Waals surface area contributed by atoms with Gasteiger partial charge >= 0.3 is 0 Å². The van der Waals surface area contributed by atoms with Crippen LogP contribution >= 0.6 is 0 Å². The van der Waals surface area contributed by atoms with E-state index in [0.29, 0.717) is 0 Å². The lowest BCUT2D eigenvalue weighted by molar-refractivity contribution is 0.0696. The summed E-state index contributed by atoms with van der Waals surface area (Å²) in [4.78, 5) is 2.81. The van der Waals surface area contributed by atoms with Gasteiger partial charge in [0.1, 0.15) is 0 Å². The van der Waals surface area contributed by atoms with Gasteiger partial charge in [-0.3, -0.25) is 4.90 Å². The zero-order valence-corrected chi connectivity index (χ0v) is 8.34. The standard InChI is InChI=1S/C11H20N2/c1-2-6-11-10(5-1)12-8-9-4-3-7-13(9)11/h9-12H,1-8H2/t9-,10+,11+/m0/s1. The molecule has 2 heteroatoms. The van der Waals surface area contributed by atoms with E-state index < -0.39 is 0 Å². The molecule has 2 nitrogen and oxygen atoms in total. The van der Waals surface area contributed by atoms with Crippen LogP contribution in [0.25, 0.3) is 0 Å². The third-order valence-corrected chi connectivity index (χ3v) is 4.19. The van der Waals surface area contributed by atoms with E-state index in [4.69, 9.17) is 0 Å². The third kappa shape index (κ3) is 1.31.